The molecule has 0 aliphatic carbocycles. The van der Waals surface area contributed by atoms with Crippen molar-refractivity contribution in [3.05, 3.63) is 94.7 Å². The minimum Gasteiger partial charge on any atom is -0.321 e. The third-order valence-electron chi connectivity index (χ3n) is 4.90. The number of carbonyl (C=O) groups excluding carboxylic acids is 1. The third-order valence-corrected chi connectivity index (χ3v) is 6.30. The van der Waals surface area contributed by atoms with Gasteiger partial charge < -0.3 is 5.32 Å². The van der Waals surface area contributed by atoms with Gasteiger partial charge in [0.05, 0.1) is 10.3 Å². The first-order valence-corrected chi connectivity index (χ1v) is 11.5. The first kappa shape index (κ1) is 22.2. The second-order valence-electron chi connectivity index (χ2n) is 7.11. The fourth-order valence-electron chi connectivity index (χ4n) is 3.26. The third kappa shape index (κ3) is 4.60. The number of nitrogens with one attached hydrogen (secondary N) is 2. The van der Waals surface area contributed by atoms with Crippen molar-refractivity contribution >= 4 is 38.1 Å². The molecule has 8 nitrogen and oxygen atoms in total. The molecule has 3 aromatic carbocycles. The Morgan fingerprint density at radius 1 is 0.939 bits per heavy atom. The van der Waals surface area contributed by atoms with Crippen LogP contribution < -0.4 is 15.6 Å². The topological polar surface area (TPSA) is 110 Å². The lowest BCUT2D eigenvalue weighted by molar-refractivity contribution is 0.102. The Bertz CT molecular complexity index is 1500. The lowest BCUT2D eigenvalue weighted by Crippen LogP contribution is -2.27. The van der Waals surface area contributed by atoms with Crippen molar-refractivity contribution in [1.82, 2.24) is 9.78 Å². The summed E-state index contributed by atoms with van der Waals surface area (Å²) in [6, 6.07) is 17.2. The minimum atomic E-state index is -3.89. The molecule has 4 rings (SSSR count). The molecule has 1 heterocycles. The summed E-state index contributed by atoms with van der Waals surface area (Å²) in [5.41, 5.74) is 0.501. The predicted octanol–water partition coefficient (Wildman–Crippen LogP) is 3.61. The maximum atomic E-state index is 13.1. The molecule has 0 radical (unpaired) electrons. The van der Waals surface area contributed by atoms with Crippen LogP contribution in [-0.2, 0) is 16.6 Å². The van der Waals surface area contributed by atoms with Crippen LogP contribution in [0.3, 0.4) is 0 Å². The average Bonchev–Trinajstić information content (AvgIpc) is 2.81. The van der Waals surface area contributed by atoms with Gasteiger partial charge in [-0.3, -0.25) is 14.3 Å². The van der Waals surface area contributed by atoms with E-state index in [1.807, 2.05) is 0 Å². The van der Waals surface area contributed by atoms with Crippen LogP contribution in [0.4, 0.5) is 15.8 Å². The molecular formula is C23H19FN4O4S. The fourth-order valence-corrected chi connectivity index (χ4v) is 4.32. The summed E-state index contributed by atoms with van der Waals surface area (Å²) >= 11 is 0. The Balaban J connectivity index is 1.55. The number of nitrogens with zero attached hydrogens (tertiary/aromatic N) is 2. The zero-order valence-electron chi connectivity index (χ0n) is 17.4. The van der Waals surface area contributed by atoms with E-state index < -0.39 is 21.7 Å². The highest BCUT2D eigenvalue weighted by Gasteiger charge is 2.17. The number of aromatic nitrogens is 2. The summed E-state index contributed by atoms with van der Waals surface area (Å²) in [7, 11) is -3.89. The van der Waals surface area contributed by atoms with E-state index in [1.165, 1.54) is 41.1 Å². The fraction of sp³-hybridized carbons (Fsp3) is 0.0870. The second kappa shape index (κ2) is 8.83. The van der Waals surface area contributed by atoms with E-state index in [2.05, 4.69) is 15.1 Å². The summed E-state index contributed by atoms with van der Waals surface area (Å²) in [4.78, 5) is 25.3. The molecule has 0 fully saturated rings. The molecule has 0 saturated heterocycles. The number of benzene rings is 3. The number of hydrogen-bond donors (Lipinski definition) is 2. The first-order valence-electron chi connectivity index (χ1n) is 9.98. The lowest BCUT2D eigenvalue weighted by atomic mass is 10.1. The number of aryl methyl sites for hydroxylation is 1. The molecule has 0 unspecified atom stereocenters. The van der Waals surface area contributed by atoms with Crippen molar-refractivity contribution in [3.63, 3.8) is 0 Å². The molecule has 168 valence electrons. The highest BCUT2D eigenvalue weighted by Crippen LogP contribution is 2.20. The summed E-state index contributed by atoms with van der Waals surface area (Å²) in [5.74, 6) is -1.04. The Hall–Kier alpha value is -4.05. The van der Waals surface area contributed by atoms with E-state index in [0.717, 1.165) is 12.1 Å². The van der Waals surface area contributed by atoms with Gasteiger partial charge in [0.2, 0.25) is 0 Å². The predicted molar refractivity (Wildman–Crippen MR) is 123 cm³/mol. The van der Waals surface area contributed by atoms with Crippen LogP contribution in [0, 0.1) is 5.82 Å². The summed E-state index contributed by atoms with van der Waals surface area (Å²) < 4.78 is 41.5. The molecule has 0 aliphatic rings. The smallest absolute Gasteiger partial charge is 0.276 e. The van der Waals surface area contributed by atoms with E-state index in [9.17, 15) is 22.4 Å². The van der Waals surface area contributed by atoms with Gasteiger partial charge in [-0.15, -0.1) is 0 Å². The number of sulfonamides is 1. The number of fused-ring (bicyclic) bond motifs is 1. The average molecular weight is 466 g/mol. The SMILES string of the molecule is CCn1nc(C(=O)Nc2ccc(NS(=O)(=O)c3ccc(F)cc3)cc2)c2ccccc2c1=O. The molecule has 2 N–H and O–H groups in total. The van der Waals surface area contributed by atoms with Crippen LogP contribution in [0.25, 0.3) is 10.8 Å². The molecule has 4 aromatic rings. The summed E-state index contributed by atoms with van der Waals surface area (Å²) in [6.45, 7) is 2.07. The normalized spacial score (nSPS) is 11.3. The van der Waals surface area contributed by atoms with Gasteiger partial charge in [-0.05, 0) is 61.5 Å². The van der Waals surface area contributed by atoms with Crippen molar-refractivity contribution in [3.8, 4) is 0 Å². The largest absolute Gasteiger partial charge is 0.321 e. The molecule has 10 heteroatoms. The van der Waals surface area contributed by atoms with Crippen LogP contribution in [0.5, 0.6) is 0 Å². The van der Waals surface area contributed by atoms with Gasteiger partial charge in [0.1, 0.15) is 5.82 Å². The van der Waals surface area contributed by atoms with Crippen molar-refractivity contribution in [1.29, 1.82) is 0 Å². The number of carbonyl (C=O) groups is 1. The Morgan fingerprint density at radius 3 is 2.18 bits per heavy atom. The van der Waals surface area contributed by atoms with Crippen molar-refractivity contribution in [2.75, 3.05) is 10.0 Å². The molecule has 1 aromatic heterocycles. The van der Waals surface area contributed by atoms with Gasteiger partial charge >= 0.3 is 0 Å². The van der Waals surface area contributed by atoms with E-state index in [-0.39, 0.29) is 21.8 Å². The molecule has 33 heavy (non-hydrogen) atoms. The number of rotatable bonds is 6. The molecule has 0 atom stereocenters. The van der Waals surface area contributed by atoms with Crippen LogP contribution >= 0.6 is 0 Å². The highest BCUT2D eigenvalue weighted by molar-refractivity contribution is 7.92. The standard InChI is InChI=1S/C23H19FN4O4S/c1-2-28-23(30)20-6-4-3-5-19(20)21(26-28)22(29)25-16-9-11-17(12-10-16)27-33(31,32)18-13-7-15(24)8-14-18/h3-14,27H,2H2,1H3,(H,25,29). The number of anilines is 2. The van der Waals surface area contributed by atoms with Crippen molar-refractivity contribution in [2.24, 2.45) is 0 Å². The first-order chi connectivity index (χ1) is 15.8. The van der Waals surface area contributed by atoms with Crippen molar-refractivity contribution < 1.29 is 17.6 Å². The Morgan fingerprint density at radius 2 is 1.55 bits per heavy atom. The molecule has 1 amide bonds. The monoisotopic (exact) mass is 466 g/mol. The molecule has 0 saturated carbocycles. The number of amides is 1. The van der Waals surface area contributed by atoms with Crippen LogP contribution in [0.1, 0.15) is 17.4 Å². The summed E-state index contributed by atoms with van der Waals surface area (Å²) in [6.07, 6.45) is 0. The zero-order valence-corrected chi connectivity index (χ0v) is 18.3. The van der Waals surface area contributed by atoms with E-state index in [1.54, 1.807) is 31.2 Å². The van der Waals surface area contributed by atoms with Crippen molar-refractivity contribution in [2.45, 2.75) is 18.4 Å². The molecule has 0 bridgehead atoms. The van der Waals surface area contributed by atoms with Gasteiger partial charge in [0.25, 0.3) is 21.5 Å². The van der Waals surface area contributed by atoms with Crippen LogP contribution in [-0.4, -0.2) is 24.1 Å². The van der Waals surface area contributed by atoms with Gasteiger partial charge in [-0.25, -0.2) is 17.5 Å². The quantitative estimate of drug-likeness (QED) is 0.451. The molecule has 0 aliphatic heterocycles. The van der Waals surface area contributed by atoms with E-state index in [0.29, 0.717) is 23.0 Å². The Labute approximate surface area is 188 Å². The number of hydrogen-bond acceptors (Lipinski definition) is 5. The van der Waals surface area contributed by atoms with Gasteiger partial charge in [-0.1, -0.05) is 18.2 Å². The summed E-state index contributed by atoms with van der Waals surface area (Å²) in [5, 5.41) is 7.74. The van der Waals surface area contributed by atoms with Gasteiger partial charge in [0, 0.05) is 23.3 Å². The minimum absolute atomic E-state index is 0.0784. The van der Waals surface area contributed by atoms with Gasteiger partial charge in [-0.2, -0.15) is 5.10 Å². The van der Waals surface area contributed by atoms with Crippen LogP contribution in [0.2, 0.25) is 0 Å². The zero-order chi connectivity index (χ0) is 23.6. The Kier molecular flexibility index (Phi) is 5.93. The maximum absolute atomic E-state index is 13.1. The maximum Gasteiger partial charge on any atom is 0.276 e. The molecule has 0 spiro atoms. The lowest BCUT2D eigenvalue weighted by Gasteiger charge is -2.11. The second-order valence-corrected chi connectivity index (χ2v) is 8.79. The van der Waals surface area contributed by atoms with E-state index >= 15 is 0 Å². The van der Waals surface area contributed by atoms with Gasteiger partial charge in [0.15, 0.2) is 5.69 Å². The molecular weight excluding hydrogens is 447 g/mol. The van der Waals surface area contributed by atoms with E-state index in [4.69, 9.17) is 0 Å². The number of halogens is 1. The highest BCUT2D eigenvalue weighted by atomic mass is 32.2. The van der Waals surface area contributed by atoms with Crippen LogP contribution in [0.15, 0.2) is 82.5 Å².